The number of hydrogen-bond donors (Lipinski definition) is 2. The molecule has 2 N–H and O–H groups in total. The molecule has 2 aromatic carbocycles. The largest absolute Gasteiger partial charge is 0.381 e. The van der Waals surface area contributed by atoms with Gasteiger partial charge in [0.2, 0.25) is 5.91 Å². The molecular formula is C16H14ClN3O. The zero-order valence-corrected chi connectivity index (χ0v) is 12.2. The van der Waals surface area contributed by atoms with E-state index in [4.69, 9.17) is 16.9 Å². The lowest BCUT2D eigenvalue weighted by molar-refractivity contribution is -0.114. The molecule has 4 nitrogen and oxygen atoms in total. The number of carbonyl (C=O) groups is 1. The molecule has 0 aliphatic rings. The number of rotatable bonds is 4. The first kappa shape index (κ1) is 14.9. The smallest absolute Gasteiger partial charge is 0.221 e. The number of amides is 1. The van der Waals surface area contributed by atoms with Gasteiger partial charge in [-0.2, -0.15) is 5.26 Å². The molecule has 2 aromatic rings. The summed E-state index contributed by atoms with van der Waals surface area (Å²) < 4.78 is 0. The van der Waals surface area contributed by atoms with Crippen LogP contribution in [0.2, 0.25) is 5.02 Å². The fraction of sp³-hybridized carbons (Fsp3) is 0.125. The fourth-order valence-corrected chi connectivity index (χ4v) is 2.12. The van der Waals surface area contributed by atoms with Crippen molar-refractivity contribution in [2.45, 2.75) is 13.5 Å². The van der Waals surface area contributed by atoms with Crippen molar-refractivity contribution >= 4 is 28.9 Å². The summed E-state index contributed by atoms with van der Waals surface area (Å²) in [4.78, 5) is 11.0. The van der Waals surface area contributed by atoms with Crippen LogP contribution in [-0.4, -0.2) is 5.91 Å². The number of hydrogen-bond acceptors (Lipinski definition) is 3. The van der Waals surface area contributed by atoms with E-state index in [2.05, 4.69) is 10.6 Å². The van der Waals surface area contributed by atoms with Gasteiger partial charge in [-0.25, -0.2) is 0 Å². The number of anilines is 2. The molecule has 0 spiro atoms. The molecule has 0 atom stereocenters. The van der Waals surface area contributed by atoms with Crippen molar-refractivity contribution in [1.82, 2.24) is 0 Å². The van der Waals surface area contributed by atoms with Crippen LogP contribution in [0.3, 0.4) is 0 Å². The molecule has 0 unspecified atom stereocenters. The van der Waals surface area contributed by atoms with E-state index < -0.39 is 0 Å². The third-order valence-electron chi connectivity index (χ3n) is 2.85. The lowest BCUT2D eigenvalue weighted by atomic mass is 10.1. The predicted octanol–water partition coefficient (Wildman–Crippen LogP) is 3.78. The summed E-state index contributed by atoms with van der Waals surface area (Å²) in [5, 5.41) is 15.3. The van der Waals surface area contributed by atoms with Gasteiger partial charge in [-0.05, 0) is 35.9 Å². The second-order valence-electron chi connectivity index (χ2n) is 4.53. The molecular weight excluding hydrogens is 286 g/mol. The molecule has 106 valence electrons. The summed E-state index contributed by atoms with van der Waals surface area (Å²) in [7, 11) is 0. The fourth-order valence-electron chi connectivity index (χ4n) is 1.87. The van der Waals surface area contributed by atoms with Crippen molar-refractivity contribution in [1.29, 1.82) is 5.26 Å². The molecule has 0 fully saturated rings. The van der Waals surface area contributed by atoms with Crippen LogP contribution in [0.4, 0.5) is 11.4 Å². The highest BCUT2D eigenvalue weighted by molar-refractivity contribution is 6.31. The number of benzene rings is 2. The molecule has 0 aromatic heterocycles. The minimum absolute atomic E-state index is 0.109. The Kier molecular flexibility index (Phi) is 4.81. The number of carbonyl (C=O) groups excluding carboxylic acids is 1. The van der Waals surface area contributed by atoms with Crippen LogP contribution in [0.1, 0.15) is 18.1 Å². The van der Waals surface area contributed by atoms with Gasteiger partial charge < -0.3 is 10.6 Å². The van der Waals surface area contributed by atoms with Crippen molar-refractivity contribution in [3.05, 3.63) is 58.6 Å². The van der Waals surface area contributed by atoms with Gasteiger partial charge in [0.15, 0.2) is 0 Å². The Morgan fingerprint density at radius 3 is 2.67 bits per heavy atom. The van der Waals surface area contributed by atoms with Gasteiger partial charge in [0, 0.05) is 29.9 Å². The zero-order valence-electron chi connectivity index (χ0n) is 11.5. The lowest BCUT2D eigenvalue weighted by Gasteiger charge is -2.10. The molecule has 0 radical (unpaired) electrons. The topological polar surface area (TPSA) is 64.9 Å². The highest BCUT2D eigenvalue weighted by atomic mass is 35.5. The van der Waals surface area contributed by atoms with E-state index in [0.717, 1.165) is 16.9 Å². The summed E-state index contributed by atoms with van der Waals surface area (Å²) in [6.45, 7) is 2.00. The number of nitrogens with zero attached hydrogens (tertiary/aromatic N) is 1. The van der Waals surface area contributed by atoms with Crippen LogP contribution in [0, 0.1) is 11.3 Å². The van der Waals surface area contributed by atoms with Gasteiger partial charge in [0.05, 0.1) is 11.6 Å². The number of nitriles is 1. The SMILES string of the molecule is CC(=O)Nc1cccc(NCc2ccc(C#N)cc2Cl)c1. The van der Waals surface area contributed by atoms with Crippen LogP contribution in [0.25, 0.3) is 0 Å². The molecule has 1 amide bonds. The van der Waals surface area contributed by atoms with Crippen molar-refractivity contribution in [2.24, 2.45) is 0 Å². The van der Waals surface area contributed by atoms with Crippen LogP contribution in [-0.2, 0) is 11.3 Å². The second kappa shape index (κ2) is 6.78. The van der Waals surface area contributed by atoms with Crippen molar-refractivity contribution < 1.29 is 4.79 Å². The molecule has 0 saturated carbocycles. The maximum atomic E-state index is 11.0. The monoisotopic (exact) mass is 299 g/mol. The molecule has 0 saturated heterocycles. The van der Waals surface area contributed by atoms with E-state index in [-0.39, 0.29) is 5.91 Å². The summed E-state index contributed by atoms with van der Waals surface area (Å²) in [5.74, 6) is -0.109. The van der Waals surface area contributed by atoms with E-state index in [1.54, 1.807) is 12.1 Å². The first-order valence-corrected chi connectivity index (χ1v) is 6.76. The van der Waals surface area contributed by atoms with Crippen LogP contribution >= 0.6 is 11.6 Å². The lowest BCUT2D eigenvalue weighted by Crippen LogP contribution is -2.06. The normalized spacial score (nSPS) is 9.76. The van der Waals surface area contributed by atoms with Gasteiger partial charge in [-0.1, -0.05) is 23.7 Å². The summed E-state index contributed by atoms with van der Waals surface area (Å²) in [6, 6.07) is 14.7. The van der Waals surface area contributed by atoms with Gasteiger partial charge in [-0.3, -0.25) is 4.79 Å². The van der Waals surface area contributed by atoms with Crippen LogP contribution in [0.5, 0.6) is 0 Å². The van der Waals surface area contributed by atoms with E-state index in [0.29, 0.717) is 17.1 Å². The minimum atomic E-state index is -0.109. The van der Waals surface area contributed by atoms with Crippen molar-refractivity contribution in [2.75, 3.05) is 10.6 Å². The maximum Gasteiger partial charge on any atom is 0.221 e. The third-order valence-corrected chi connectivity index (χ3v) is 3.20. The number of nitrogens with one attached hydrogen (secondary N) is 2. The van der Waals surface area contributed by atoms with Crippen molar-refractivity contribution in [3.63, 3.8) is 0 Å². The second-order valence-corrected chi connectivity index (χ2v) is 4.94. The first-order chi connectivity index (χ1) is 10.1. The van der Waals surface area contributed by atoms with E-state index >= 15 is 0 Å². The molecule has 0 aliphatic heterocycles. The Hall–Kier alpha value is -2.51. The molecule has 0 heterocycles. The third kappa shape index (κ3) is 4.23. The van der Waals surface area contributed by atoms with Gasteiger partial charge in [0.25, 0.3) is 0 Å². The van der Waals surface area contributed by atoms with E-state index in [1.165, 1.54) is 6.92 Å². The predicted molar refractivity (Wildman–Crippen MR) is 84.2 cm³/mol. The maximum absolute atomic E-state index is 11.0. The Labute approximate surface area is 128 Å². The molecule has 2 rings (SSSR count). The summed E-state index contributed by atoms with van der Waals surface area (Å²) in [5.41, 5.74) is 3.05. The standard InChI is InChI=1S/C16H14ClN3O/c1-11(21)20-15-4-2-3-14(8-15)19-10-13-6-5-12(9-18)7-16(13)17/h2-8,19H,10H2,1H3,(H,20,21). The Morgan fingerprint density at radius 1 is 1.24 bits per heavy atom. The molecule has 0 aliphatic carbocycles. The summed E-state index contributed by atoms with van der Waals surface area (Å²) >= 11 is 6.13. The van der Waals surface area contributed by atoms with Gasteiger partial charge in [-0.15, -0.1) is 0 Å². The zero-order chi connectivity index (χ0) is 15.2. The Morgan fingerprint density at radius 2 is 2.00 bits per heavy atom. The van der Waals surface area contributed by atoms with E-state index in [9.17, 15) is 4.79 Å². The Bertz CT molecular complexity index is 707. The average molecular weight is 300 g/mol. The quantitative estimate of drug-likeness (QED) is 0.903. The Balaban J connectivity index is 2.06. The van der Waals surface area contributed by atoms with Gasteiger partial charge >= 0.3 is 0 Å². The van der Waals surface area contributed by atoms with Crippen LogP contribution < -0.4 is 10.6 Å². The molecule has 5 heteroatoms. The van der Waals surface area contributed by atoms with Crippen molar-refractivity contribution in [3.8, 4) is 6.07 Å². The molecule has 0 bridgehead atoms. The average Bonchev–Trinajstić information content (AvgIpc) is 2.45. The minimum Gasteiger partial charge on any atom is -0.381 e. The van der Waals surface area contributed by atoms with Crippen LogP contribution in [0.15, 0.2) is 42.5 Å². The molecule has 21 heavy (non-hydrogen) atoms. The highest BCUT2D eigenvalue weighted by Crippen LogP contribution is 2.20. The highest BCUT2D eigenvalue weighted by Gasteiger charge is 2.03. The van der Waals surface area contributed by atoms with E-state index in [1.807, 2.05) is 36.4 Å². The van der Waals surface area contributed by atoms with Gasteiger partial charge in [0.1, 0.15) is 0 Å². The summed E-state index contributed by atoms with van der Waals surface area (Å²) in [6.07, 6.45) is 0. The number of halogens is 1. The first-order valence-electron chi connectivity index (χ1n) is 6.38.